The van der Waals surface area contributed by atoms with Gasteiger partial charge in [0.05, 0.1) is 6.33 Å². The summed E-state index contributed by atoms with van der Waals surface area (Å²) in [4.78, 5) is 18.5. The fourth-order valence-corrected chi connectivity index (χ4v) is 1.75. The van der Waals surface area contributed by atoms with Crippen LogP contribution < -0.4 is 5.32 Å². The van der Waals surface area contributed by atoms with Gasteiger partial charge in [0, 0.05) is 31.3 Å². The van der Waals surface area contributed by atoms with E-state index < -0.39 is 0 Å². The zero-order valence-corrected chi connectivity index (χ0v) is 10.2. The highest BCUT2D eigenvalue weighted by Gasteiger charge is 2.02. The van der Waals surface area contributed by atoms with Gasteiger partial charge in [-0.2, -0.15) is 0 Å². The first kappa shape index (κ1) is 12.4. The normalized spacial score (nSPS) is 10.2. The van der Waals surface area contributed by atoms with Gasteiger partial charge in [-0.25, -0.2) is 4.98 Å². The lowest BCUT2D eigenvalue weighted by Gasteiger charge is -2.04. The number of rotatable bonds is 6. The average molecular weight is 243 g/mol. The van der Waals surface area contributed by atoms with Crippen LogP contribution in [0, 0.1) is 0 Å². The van der Waals surface area contributed by atoms with Crippen LogP contribution in [0.15, 0.2) is 42.9 Å². The van der Waals surface area contributed by atoms with Gasteiger partial charge in [0.25, 0.3) is 0 Å². The third-order valence-electron chi connectivity index (χ3n) is 2.75. The second-order valence-electron chi connectivity index (χ2n) is 4.16. The summed E-state index contributed by atoms with van der Waals surface area (Å²) in [7, 11) is 0. The van der Waals surface area contributed by atoms with Crippen LogP contribution in [0.5, 0.6) is 0 Å². The van der Waals surface area contributed by atoms with Crippen molar-refractivity contribution < 1.29 is 4.79 Å². The lowest BCUT2D eigenvalue weighted by molar-refractivity contribution is -0.121. The van der Waals surface area contributed by atoms with Crippen molar-refractivity contribution in [2.45, 2.75) is 19.3 Å². The Morgan fingerprint density at radius 2 is 2.06 bits per heavy atom. The molecule has 4 nitrogen and oxygen atoms in total. The Hall–Kier alpha value is -2.10. The van der Waals surface area contributed by atoms with E-state index in [0.29, 0.717) is 13.0 Å². The molecule has 0 aliphatic carbocycles. The van der Waals surface area contributed by atoms with Crippen LogP contribution in [-0.2, 0) is 17.6 Å². The lowest BCUT2D eigenvalue weighted by atomic mass is 10.1. The van der Waals surface area contributed by atoms with Crippen molar-refractivity contribution in [1.82, 2.24) is 15.3 Å². The van der Waals surface area contributed by atoms with Gasteiger partial charge in [-0.3, -0.25) is 4.79 Å². The monoisotopic (exact) mass is 243 g/mol. The molecule has 1 heterocycles. The molecular weight excluding hydrogens is 226 g/mol. The molecule has 0 bridgehead atoms. The Morgan fingerprint density at radius 1 is 1.22 bits per heavy atom. The number of H-pyrrole nitrogens is 1. The molecule has 0 aliphatic heterocycles. The quantitative estimate of drug-likeness (QED) is 0.811. The van der Waals surface area contributed by atoms with Gasteiger partial charge >= 0.3 is 0 Å². The predicted molar refractivity (Wildman–Crippen MR) is 70.1 cm³/mol. The van der Waals surface area contributed by atoms with Crippen molar-refractivity contribution in [3.63, 3.8) is 0 Å². The Kier molecular flexibility index (Phi) is 4.53. The van der Waals surface area contributed by atoms with E-state index in [4.69, 9.17) is 0 Å². The minimum atomic E-state index is 0.0957. The minimum Gasteiger partial charge on any atom is -0.356 e. The number of nitrogens with zero attached hydrogens (tertiary/aromatic N) is 1. The highest BCUT2D eigenvalue weighted by atomic mass is 16.1. The largest absolute Gasteiger partial charge is 0.356 e. The number of aromatic nitrogens is 2. The predicted octanol–water partition coefficient (Wildman–Crippen LogP) is 1.70. The van der Waals surface area contributed by atoms with Crippen molar-refractivity contribution in [2.24, 2.45) is 0 Å². The highest BCUT2D eigenvalue weighted by molar-refractivity contribution is 5.76. The second-order valence-corrected chi connectivity index (χ2v) is 4.16. The molecule has 1 aromatic heterocycles. The Balaban J connectivity index is 1.63. The van der Waals surface area contributed by atoms with E-state index in [0.717, 1.165) is 18.5 Å². The molecule has 2 N–H and O–H groups in total. The summed E-state index contributed by atoms with van der Waals surface area (Å²) in [5.41, 5.74) is 2.24. The van der Waals surface area contributed by atoms with E-state index in [1.165, 1.54) is 5.56 Å². The molecule has 0 saturated carbocycles. The smallest absolute Gasteiger partial charge is 0.220 e. The maximum absolute atomic E-state index is 11.6. The fourth-order valence-electron chi connectivity index (χ4n) is 1.75. The Bertz CT molecular complexity index is 465. The van der Waals surface area contributed by atoms with Crippen LogP contribution in [0.25, 0.3) is 0 Å². The van der Waals surface area contributed by atoms with Gasteiger partial charge in [0.1, 0.15) is 0 Å². The van der Waals surface area contributed by atoms with Gasteiger partial charge in [-0.15, -0.1) is 0 Å². The van der Waals surface area contributed by atoms with Crippen molar-refractivity contribution in [2.75, 3.05) is 6.54 Å². The number of nitrogens with one attached hydrogen (secondary N) is 2. The molecule has 2 aromatic rings. The average Bonchev–Trinajstić information content (AvgIpc) is 2.91. The third kappa shape index (κ3) is 4.05. The summed E-state index contributed by atoms with van der Waals surface area (Å²) in [6, 6.07) is 10.0. The maximum atomic E-state index is 11.6. The summed E-state index contributed by atoms with van der Waals surface area (Å²) >= 11 is 0. The number of imidazole rings is 1. The summed E-state index contributed by atoms with van der Waals surface area (Å²) in [6.45, 7) is 0.649. The number of hydrogen-bond donors (Lipinski definition) is 2. The number of aryl methyl sites for hydroxylation is 1. The first-order chi connectivity index (χ1) is 8.84. The minimum absolute atomic E-state index is 0.0957. The number of hydrogen-bond acceptors (Lipinski definition) is 2. The topological polar surface area (TPSA) is 57.8 Å². The molecule has 0 aliphatic rings. The van der Waals surface area contributed by atoms with Gasteiger partial charge in [0.15, 0.2) is 0 Å². The SMILES string of the molecule is O=C(CCc1ccccc1)NCCc1cnc[nH]1. The van der Waals surface area contributed by atoms with Crippen LogP contribution >= 0.6 is 0 Å². The van der Waals surface area contributed by atoms with E-state index in [1.807, 2.05) is 30.3 Å². The van der Waals surface area contributed by atoms with E-state index in [-0.39, 0.29) is 5.91 Å². The molecule has 94 valence electrons. The van der Waals surface area contributed by atoms with Crippen molar-refractivity contribution >= 4 is 5.91 Å². The van der Waals surface area contributed by atoms with E-state index in [2.05, 4.69) is 15.3 Å². The number of benzene rings is 1. The van der Waals surface area contributed by atoms with E-state index in [1.54, 1.807) is 12.5 Å². The van der Waals surface area contributed by atoms with Crippen LogP contribution in [-0.4, -0.2) is 22.4 Å². The molecule has 0 unspecified atom stereocenters. The van der Waals surface area contributed by atoms with E-state index in [9.17, 15) is 4.79 Å². The summed E-state index contributed by atoms with van der Waals surface area (Å²) in [6.07, 6.45) is 5.53. The van der Waals surface area contributed by atoms with Crippen molar-refractivity contribution in [3.05, 3.63) is 54.1 Å². The number of carbonyl (C=O) groups is 1. The molecule has 2 rings (SSSR count). The molecule has 0 spiro atoms. The third-order valence-corrected chi connectivity index (χ3v) is 2.75. The standard InChI is InChI=1S/C14H17N3O/c18-14(7-6-12-4-2-1-3-5-12)16-9-8-13-10-15-11-17-13/h1-5,10-11H,6-9H2,(H,15,17)(H,16,18). The Labute approximate surface area is 106 Å². The van der Waals surface area contributed by atoms with Crippen LogP contribution in [0.2, 0.25) is 0 Å². The summed E-state index contributed by atoms with van der Waals surface area (Å²) in [5.74, 6) is 0.0957. The first-order valence-corrected chi connectivity index (χ1v) is 6.12. The lowest BCUT2D eigenvalue weighted by Crippen LogP contribution is -2.25. The van der Waals surface area contributed by atoms with Gasteiger partial charge in [-0.1, -0.05) is 30.3 Å². The zero-order chi connectivity index (χ0) is 12.6. The van der Waals surface area contributed by atoms with Crippen LogP contribution in [0.3, 0.4) is 0 Å². The maximum Gasteiger partial charge on any atom is 0.220 e. The van der Waals surface area contributed by atoms with Crippen LogP contribution in [0.4, 0.5) is 0 Å². The van der Waals surface area contributed by atoms with Gasteiger partial charge in [-0.05, 0) is 12.0 Å². The molecule has 0 atom stereocenters. The van der Waals surface area contributed by atoms with E-state index >= 15 is 0 Å². The number of amides is 1. The summed E-state index contributed by atoms with van der Waals surface area (Å²) < 4.78 is 0. The molecule has 4 heteroatoms. The molecular formula is C14H17N3O. The molecule has 1 aromatic carbocycles. The number of aromatic amines is 1. The first-order valence-electron chi connectivity index (χ1n) is 6.12. The molecule has 18 heavy (non-hydrogen) atoms. The summed E-state index contributed by atoms with van der Waals surface area (Å²) in [5, 5.41) is 2.90. The van der Waals surface area contributed by atoms with Gasteiger partial charge < -0.3 is 10.3 Å². The molecule has 1 amide bonds. The van der Waals surface area contributed by atoms with Gasteiger partial charge in [0.2, 0.25) is 5.91 Å². The second kappa shape index (κ2) is 6.59. The zero-order valence-electron chi connectivity index (χ0n) is 10.2. The number of carbonyl (C=O) groups excluding carboxylic acids is 1. The molecule has 0 radical (unpaired) electrons. The Morgan fingerprint density at radius 3 is 2.78 bits per heavy atom. The van der Waals surface area contributed by atoms with Crippen molar-refractivity contribution in [1.29, 1.82) is 0 Å². The highest BCUT2D eigenvalue weighted by Crippen LogP contribution is 2.02. The molecule has 0 saturated heterocycles. The fraction of sp³-hybridized carbons (Fsp3) is 0.286. The van der Waals surface area contributed by atoms with Crippen LogP contribution in [0.1, 0.15) is 17.7 Å². The molecule has 0 fully saturated rings. The van der Waals surface area contributed by atoms with Crippen molar-refractivity contribution in [3.8, 4) is 0 Å².